The molecule has 4 rings (SSSR count). The predicted molar refractivity (Wildman–Crippen MR) is 118 cm³/mol. The molecule has 0 atom stereocenters. The van der Waals surface area contributed by atoms with Crippen molar-refractivity contribution >= 4 is 17.6 Å². The van der Waals surface area contributed by atoms with E-state index < -0.39 is 0 Å². The van der Waals surface area contributed by atoms with Gasteiger partial charge in [0.25, 0.3) is 5.56 Å². The topological polar surface area (TPSA) is 102 Å². The fourth-order valence-electron chi connectivity index (χ4n) is 3.86. The van der Waals surface area contributed by atoms with Crippen LogP contribution in [0.1, 0.15) is 35.7 Å². The van der Waals surface area contributed by atoms with Gasteiger partial charge in [0, 0.05) is 25.0 Å². The third kappa shape index (κ3) is 4.83. The molecular formula is C22H27N7O. The Bertz CT molecular complexity index is 1090. The van der Waals surface area contributed by atoms with E-state index in [4.69, 9.17) is 5.73 Å². The number of hydrogen-bond acceptors (Lipinski definition) is 7. The molecule has 8 nitrogen and oxygen atoms in total. The van der Waals surface area contributed by atoms with Gasteiger partial charge in [0.2, 0.25) is 11.9 Å². The van der Waals surface area contributed by atoms with E-state index in [9.17, 15) is 4.79 Å². The van der Waals surface area contributed by atoms with Crippen molar-refractivity contribution in [3.63, 3.8) is 0 Å². The first-order valence-electron chi connectivity index (χ1n) is 10.2. The number of nitrogen functional groups attached to an aromatic ring is 1. The quantitative estimate of drug-likeness (QED) is 0.673. The van der Waals surface area contributed by atoms with E-state index in [2.05, 4.69) is 31.2 Å². The van der Waals surface area contributed by atoms with Crippen molar-refractivity contribution in [2.45, 2.75) is 32.2 Å². The molecule has 1 fully saturated rings. The molecule has 156 valence electrons. The van der Waals surface area contributed by atoms with E-state index in [0.29, 0.717) is 24.2 Å². The first-order valence-corrected chi connectivity index (χ1v) is 10.2. The summed E-state index contributed by atoms with van der Waals surface area (Å²) in [5.74, 6) is 1.74. The normalized spacial score (nSPS) is 15.3. The van der Waals surface area contributed by atoms with Crippen molar-refractivity contribution in [2.24, 2.45) is 7.05 Å². The Morgan fingerprint density at radius 2 is 1.93 bits per heavy atom. The van der Waals surface area contributed by atoms with Gasteiger partial charge in [-0.1, -0.05) is 12.1 Å². The average molecular weight is 406 g/mol. The summed E-state index contributed by atoms with van der Waals surface area (Å²) in [6, 6.07) is 11.8. The Morgan fingerprint density at radius 1 is 1.13 bits per heavy atom. The van der Waals surface area contributed by atoms with Crippen LogP contribution in [0.4, 0.5) is 17.6 Å². The van der Waals surface area contributed by atoms with E-state index in [-0.39, 0.29) is 11.5 Å². The Morgan fingerprint density at radius 3 is 2.67 bits per heavy atom. The fraction of sp³-hybridized carbons (Fsp3) is 0.364. The second-order valence-electron chi connectivity index (χ2n) is 7.89. The zero-order chi connectivity index (χ0) is 21.1. The standard InChI is InChI=1S/C22H27N7O/c1-15-4-3-5-18(12-15)24-22-26-19(25-21(23)27-22)14-29-10-7-16(8-11-29)17-6-9-28(2)20(30)13-17/h3-6,9,12-13,16H,7-8,10-11,14H2,1-2H3,(H3,23,24,25,26,27). The van der Waals surface area contributed by atoms with Crippen LogP contribution in [0, 0.1) is 6.92 Å². The van der Waals surface area contributed by atoms with Gasteiger partial charge in [-0.3, -0.25) is 9.69 Å². The molecule has 1 saturated heterocycles. The van der Waals surface area contributed by atoms with Crippen LogP contribution in [0.5, 0.6) is 0 Å². The Labute approximate surface area is 175 Å². The monoisotopic (exact) mass is 405 g/mol. The van der Waals surface area contributed by atoms with Gasteiger partial charge in [-0.05, 0) is 68.1 Å². The molecule has 0 saturated carbocycles. The molecule has 0 bridgehead atoms. The maximum absolute atomic E-state index is 11.9. The molecule has 3 N–H and O–H groups in total. The van der Waals surface area contributed by atoms with Gasteiger partial charge in [0.05, 0.1) is 6.54 Å². The molecular weight excluding hydrogens is 378 g/mol. The van der Waals surface area contributed by atoms with Gasteiger partial charge < -0.3 is 15.6 Å². The van der Waals surface area contributed by atoms with Gasteiger partial charge in [-0.25, -0.2) is 0 Å². The van der Waals surface area contributed by atoms with Crippen LogP contribution in [0.2, 0.25) is 0 Å². The first-order chi connectivity index (χ1) is 14.5. The van der Waals surface area contributed by atoms with Crippen molar-refractivity contribution in [1.29, 1.82) is 0 Å². The lowest BCUT2D eigenvalue weighted by Gasteiger charge is -2.31. The van der Waals surface area contributed by atoms with Crippen LogP contribution in [-0.2, 0) is 13.6 Å². The van der Waals surface area contributed by atoms with E-state index >= 15 is 0 Å². The van der Waals surface area contributed by atoms with Crippen LogP contribution in [-0.4, -0.2) is 37.5 Å². The van der Waals surface area contributed by atoms with E-state index in [1.807, 2.05) is 37.4 Å². The average Bonchev–Trinajstić information content (AvgIpc) is 2.70. The number of likely N-dealkylation sites (tertiary alicyclic amines) is 1. The Kier molecular flexibility index (Phi) is 5.76. The van der Waals surface area contributed by atoms with Crippen molar-refractivity contribution in [1.82, 2.24) is 24.4 Å². The minimum Gasteiger partial charge on any atom is -0.368 e. The van der Waals surface area contributed by atoms with Gasteiger partial charge in [0.1, 0.15) is 5.82 Å². The molecule has 3 heterocycles. The summed E-state index contributed by atoms with van der Waals surface area (Å²) in [4.78, 5) is 27.3. The third-order valence-corrected chi connectivity index (χ3v) is 5.53. The molecule has 8 heteroatoms. The number of nitrogens with one attached hydrogen (secondary N) is 1. The minimum atomic E-state index is 0.0456. The summed E-state index contributed by atoms with van der Waals surface area (Å²) >= 11 is 0. The van der Waals surface area contributed by atoms with E-state index in [0.717, 1.165) is 42.7 Å². The molecule has 0 spiro atoms. The highest BCUT2D eigenvalue weighted by molar-refractivity contribution is 5.54. The molecule has 0 amide bonds. The zero-order valence-corrected chi connectivity index (χ0v) is 17.4. The largest absolute Gasteiger partial charge is 0.368 e. The van der Waals surface area contributed by atoms with Crippen molar-refractivity contribution < 1.29 is 0 Å². The molecule has 1 aliphatic rings. The molecule has 1 aliphatic heterocycles. The molecule has 0 unspecified atom stereocenters. The van der Waals surface area contributed by atoms with Gasteiger partial charge in [0.15, 0.2) is 0 Å². The number of benzene rings is 1. The van der Waals surface area contributed by atoms with E-state index in [1.54, 1.807) is 17.7 Å². The number of anilines is 3. The van der Waals surface area contributed by atoms with Crippen LogP contribution >= 0.6 is 0 Å². The summed E-state index contributed by atoms with van der Waals surface area (Å²) < 4.78 is 1.60. The number of nitrogens with two attached hydrogens (primary N) is 1. The summed E-state index contributed by atoms with van der Waals surface area (Å²) in [6.45, 7) is 4.51. The smallest absolute Gasteiger partial charge is 0.250 e. The molecule has 3 aromatic rings. The second kappa shape index (κ2) is 8.62. The van der Waals surface area contributed by atoms with Crippen LogP contribution in [0.15, 0.2) is 47.4 Å². The first kappa shape index (κ1) is 20.0. The number of piperidine rings is 1. The van der Waals surface area contributed by atoms with Crippen LogP contribution in [0.25, 0.3) is 0 Å². The lowest BCUT2D eigenvalue weighted by molar-refractivity contribution is 0.200. The third-order valence-electron chi connectivity index (χ3n) is 5.53. The molecule has 0 aliphatic carbocycles. The van der Waals surface area contributed by atoms with Crippen molar-refractivity contribution in [3.05, 3.63) is 69.9 Å². The molecule has 2 aromatic heterocycles. The number of aromatic nitrogens is 4. The van der Waals surface area contributed by atoms with Crippen molar-refractivity contribution in [2.75, 3.05) is 24.1 Å². The number of aryl methyl sites for hydroxylation is 2. The fourth-order valence-corrected chi connectivity index (χ4v) is 3.86. The lowest BCUT2D eigenvalue weighted by Crippen LogP contribution is -2.33. The summed E-state index contributed by atoms with van der Waals surface area (Å²) in [5.41, 5.74) is 9.17. The highest BCUT2D eigenvalue weighted by atomic mass is 16.1. The number of hydrogen-bond donors (Lipinski definition) is 2. The number of pyridine rings is 1. The van der Waals surface area contributed by atoms with Crippen LogP contribution < -0.4 is 16.6 Å². The molecule has 30 heavy (non-hydrogen) atoms. The van der Waals surface area contributed by atoms with Gasteiger partial charge in [-0.15, -0.1) is 0 Å². The highest BCUT2D eigenvalue weighted by Crippen LogP contribution is 2.27. The Balaban J connectivity index is 1.39. The highest BCUT2D eigenvalue weighted by Gasteiger charge is 2.22. The molecule has 0 radical (unpaired) electrons. The SMILES string of the molecule is Cc1cccc(Nc2nc(N)nc(CN3CCC(c4ccn(C)c(=O)c4)CC3)n2)c1. The zero-order valence-electron chi connectivity index (χ0n) is 17.4. The molecule has 1 aromatic carbocycles. The van der Waals surface area contributed by atoms with Crippen LogP contribution in [0.3, 0.4) is 0 Å². The maximum Gasteiger partial charge on any atom is 0.250 e. The summed E-state index contributed by atoms with van der Waals surface area (Å²) in [5, 5.41) is 3.21. The number of nitrogens with zero attached hydrogens (tertiary/aromatic N) is 5. The lowest BCUT2D eigenvalue weighted by atomic mass is 9.90. The second-order valence-corrected chi connectivity index (χ2v) is 7.89. The van der Waals surface area contributed by atoms with E-state index in [1.165, 1.54) is 0 Å². The minimum absolute atomic E-state index is 0.0456. The predicted octanol–water partition coefficient (Wildman–Crippen LogP) is 2.58. The summed E-state index contributed by atoms with van der Waals surface area (Å²) in [6.07, 6.45) is 3.85. The Hall–Kier alpha value is -3.26. The maximum atomic E-state index is 11.9. The van der Waals surface area contributed by atoms with Gasteiger partial charge >= 0.3 is 0 Å². The number of rotatable bonds is 5. The van der Waals surface area contributed by atoms with Crippen molar-refractivity contribution in [3.8, 4) is 0 Å². The summed E-state index contributed by atoms with van der Waals surface area (Å²) in [7, 11) is 1.78. The van der Waals surface area contributed by atoms with Gasteiger partial charge in [-0.2, -0.15) is 15.0 Å².